The van der Waals surface area contributed by atoms with Gasteiger partial charge in [0.2, 0.25) is 0 Å². The van der Waals surface area contributed by atoms with Crippen molar-refractivity contribution in [2.45, 2.75) is 12.7 Å². The lowest BCUT2D eigenvalue weighted by Gasteiger charge is -2.09. The van der Waals surface area contributed by atoms with Crippen molar-refractivity contribution in [2.24, 2.45) is 0 Å². The molecule has 0 atom stereocenters. The molecule has 0 bridgehead atoms. The summed E-state index contributed by atoms with van der Waals surface area (Å²) in [4.78, 5) is 10.6. The van der Waals surface area contributed by atoms with Gasteiger partial charge in [-0.15, -0.1) is 0 Å². The largest absolute Gasteiger partial charge is 0.476 e. The third-order valence-corrected chi connectivity index (χ3v) is 2.43. The van der Waals surface area contributed by atoms with Gasteiger partial charge in [0.05, 0.1) is 12.1 Å². The van der Waals surface area contributed by atoms with E-state index < -0.39 is 17.7 Å². The number of hydrogen-bond donors (Lipinski definition) is 2. The summed E-state index contributed by atoms with van der Waals surface area (Å²) in [6.07, 6.45) is -4.42. The maximum Gasteiger partial charge on any atom is 0.416 e. The molecule has 1 heterocycles. The molecule has 2 N–H and O–H groups in total. The molecule has 106 valence electrons. The molecule has 5 nitrogen and oxygen atoms in total. The number of anilines is 1. The van der Waals surface area contributed by atoms with Crippen molar-refractivity contribution < 1.29 is 27.6 Å². The predicted molar refractivity (Wildman–Crippen MR) is 62.2 cm³/mol. The van der Waals surface area contributed by atoms with E-state index in [1.807, 2.05) is 0 Å². The lowest BCUT2D eigenvalue weighted by molar-refractivity contribution is -0.137. The standard InChI is InChI=1S/C12H9F3N2O3/c13-12(14,15)7-2-1-3-8(4-7)16-6-9-5-10(11(18)19)17-20-9/h1-5,16H,6H2,(H,18,19). The molecular weight excluding hydrogens is 277 g/mol. The van der Waals surface area contributed by atoms with E-state index in [0.717, 1.165) is 12.1 Å². The number of rotatable bonds is 4. The Hall–Kier alpha value is -2.51. The van der Waals surface area contributed by atoms with E-state index in [0.29, 0.717) is 0 Å². The van der Waals surface area contributed by atoms with Crippen molar-refractivity contribution in [2.75, 3.05) is 5.32 Å². The van der Waals surface area contributed by atoms with Crippen molar-refractivity contribution in [3.05, 3.63) is 47.3 Å². The van der Waals surface area contributed by atoms with E-state index in [2.05, 4.69) is 10.5 Å². The maximum atomic E-state index is 12.5. The second-order valence-corrected chi connectivity index (χ2v) is 3.92. The summed E-state index contributed by atoms with van der Waals surface area (Å²) in [7, 11) is 0. The molecule has 0 aliphatic carbocycles. The Labute approximate surface area is 111 Å². The van der Waals surface area contributed by atoms with Crippen LogP contribution in [0.15, 0.2) is 34.9 Å². The highest BCUT2D eigenvalue weighted by Gasteiger charge is 2.30. The summed E-state index contributed by atoms with van der Waals surface area (Å²) in [5.74, 6) is -1.03. The van der Waals surface area contributed by atoms with Crippen LogP contribution in [0.2, 0.25) is 0 Å². The second kappa shape index (κ2) is 5.24. The van der Waals surface area contributed by atoms with Crippen molar-refractivity contribution in [3.8, 4) is 0 Å². The number of benzene rings is 1. The Kier molecular flexibility index (Phi) is 3.64. The molecule has 1 aromatic carbocycles. The number of carbonyl (C=O) groups is 1. The van der Waals surface area contributed by atoms with Crippen LogP contribution in [0, 0.1) is 0 Å². The van der Waals surface area contributed by atoms with Crippen molar-refractivity contribution in [1.82, 2.24) is 5.16 Å². The van der Waals surface area contributed by atoms with Crippen LogP contribution in [0.1, 0.15) is 21.8 Å². The summed E-state index contributed by atoms with van der Waals surface area (Å²) in [5.41, 5.74) is -0.787. The van der Waals surface area contributed by atoms with Gasteiger partial charge in [0.25, 0.3) is 0 Å². The number of nitrogens with zero attached hydrogens (tertiary/aromatic N) is 1. The molecule has 0 aliphatic heterocycles. The number of carboxylic acids is 1. The van der Waals surface area contributed by atoms with Crippen molar-refractivity contribution >= 4 is 11.7 Å². The first-order chi connectivity index (χ1) is 9.36. The molecule has 0 radical (unpaired) electrons. The predicted octanol–water partition coefficient (Wildman–Crippen LogP) is 3.00. The molecule has 0 spiro atoms. The fraction of sp³-hybridized carbons (Fsp3) is 0.167. The van der Waals surface area contributed by atoms with Gasteiger partial charge >= 0.3 is 12.1 Å². The normalized spacial score (nSPS) is 11.3. The van der Waals surface area contributed by atoms with E-state index in [-0.39, 0.29) is 23.7 Å². The quantitative estimate of drug-likeness (QED) is 0.903. The van der Waals surface area contributed by atoms with E-state index in [4.69, 9.17) is 9.63 Å². The van der Waals surface area contributed by atoms with Crippen molar-refractivity contribution in [3.63, 3.8) is 0 Å². The van der Waals surface area contributed by atoms with Gasteiger partial charge in [-0.05, 0) is 18.2 Å². The lowest BCUT2D eigenvalue weighted by atomic mass is 10.2. The Morgan fingerprint density at radius 3 is 2.70 bits per heavy atom. The Balaban J connectivity index is 2.05. The summed E-state index contributed by atoms with van der Waals surface area (Å²) in [6.45, 7) is 0.0294. The smallest absolute Gasteiger partial charge is 0.416 e. The van der Waals surface area contributed by atoms with Crippen LogP contribution >= 0.6 is 0 Å². The molecule has 0 unspecified atom stereocenters. The summed E-state index contributed by atoms with van der Waals surface area (Å²) in [5, 5.41) is 14.6. The van der Waals surface area contributed by atoms with Crippen LogP contribution in [0.4, 0.5) is 18.9 Å². The fourth-order valence-corrected chi connectivity index (χ4v) is 1.49. The van der Waals surface area contributed by atoms with Crippen LogP contribution in [0.25, 0.3) is 0 Å². The van der Waals surface area contributed by atoms with Crippen LogP contribution in [0.5, 0.6) is 0 Å². The number of nitrogens with one attached hydrogen (secondary N) is 1. The van der Waals surface area contributed by atoms with E-state index >= 15 is 0 Å². The molecule has 20 heavy (non-hydrogen) atoms. The molecule has 0 saturated heterocycles. The van der Waals surface area contributed by atoms with Gasteiger partial charge in [0.15, 0.2) is 11.5 Å². The first-order valence-corrected chi connectivity index (χ1v) is 5.46. The molecule has 0 fully saturated rings. The van der Waals surface area contributed by atoms with Gasteiger partial charge < -0.3 is 14.9 Å². The van der Waals surface area contributed by atoms with E-state index in [1.54, 1.807) is 0 Å². The SMILES string of the molecule is O=C(O)c1cc(CNc2cccc(C(F)(F)F)c2)on1. The highest BCUT2D eigenvalue weighted by atomic mass is 19.4. The van der Waals surface area contributed by atoms with Crippen LogP contribution in [-0.4, -0.2) is 16.2 Å². The van der Waals surface area contributed by atoms with E-state index in [1.165, 1.54) is 18.2 Å². The van der Waals surface area contributed by atoms with Gasteiger partial charge in [-0.3, -0.25) is 0 Å². The van der Waals surface area contributed by atoms with Gasteiger partial charge in [-0.25, -0.2) is 4.79 Å². The molecule has 2 aromatic rings. The number of carboxylic acid groups (broad SMARTS) is 1. The maximum absolute atomic E-state index is 12.5. The molecular formula is C12H9F3N2O3. The van der Waals surface area contributed by atoms with Crippen LogP contribution < -0.4 is 5.32 Å². The summed E-state index contributed by atoms with van der Waals surface area (Å²) >= 11 is 0. The molecule has 0 amide bonds. The Bertz CT molecular complexity index is 622. The minimum Gasteiger partial charge on any atom is -0.476 e. The molecule has 0 saturated carbocycles. The van der Waals surface area contributed by atoms with Gasteiger partial charge in [-0.1, -0.05) is 11.2 Å². The van der Waals surface area contributed by atoms with E-state index in [9.17, 15) is 18.0 Å². The minimum absolute atomic E-state index is 0.0294. The molecule has 2 rings (SSSR count). The summed E-state index contributed by atoms with van der Waals surface area (Å²) in [6, 6.07) is 5.84. The Morgan fingerprint density at radius 2 is 2.10 bits per heavy atom. The lowest BCUT2D eigenvalue weighted by Crippen LogP contribution is -2.06. The van der Waals surface area contributed by atoms with Gasteiger partial charge in [0, 0.05) is 11.8 Å². The monoisotopic (exact) mass is 286 g/mol. The summed E-state index contributed by atoms with van der Waals surface area (Å²) < 4.78 is 42.2. The van der Waals surface area contributed by atoms with Crippen LogP contribution in [-0.2, 0) is 12.7 Å². The average Bonchev–Trinajstić information content (AvgIpc) is 2.85. The number of aromatic carboxylic acids is 1. The number of hydrogen-bond acceptors (Lipinski definition) is 4. The van der Waals surface area contributed by atoms with Gasteiger partial charge in [-0.2, -0.15) is 13.2 Å². The zero-order chi connectivity index (χ0) is 14.8. The highest BCUT2D eigenvalue weighted by Crippen LogP contribution is 2.30. The number of alkyl halides is 3. The molecule has 0 aliphatic rings. The minimum atomic E-state index is -4.42. The molecule has 1 aromatic heterocycles. The fourth-order valence-electron chi connectivity index (χ4n) is 1.49. The first-order valence-electron chi connectivity index (χ1n) is 5.46. The Morgan fingerprint density at radius 1 is 1.35 bits per heavy atom. The average molecular weight is 286 g/mol. The third kappa shape index (κ3) is 3.28. The van der Waals surface area contributed by atoms with Gasteiger partial charge in [0.1, 0.15) is 0 Å². The zero-order valence-electron chi connectivity index (χ0n) is 9.94. The third-order valence-electron chi connectivity index (χ3n) is 2.43. The second-order valence-electron chi connectivity index (χ2n) is 3.92. The first kappa shape index (κ1) is 13.9. The van der Waals surface area contributed by atoms with Crippen molar-refractivity contribution in [1.29, 1.82) is 0 Å². The zero-order valence-corrected chi connectivity index (χ0v) is 9.94. The number of halogens is 3. The highest BCUT2D eigenvalue weighted by molar-refractivity contribution is 5.85. The molecule has 8 heteroatoms. The number of aromatic nitrogens is 1. The van der Waals surface area contributed by atoms with Crippen LogP contribution in [0.3, 0.4) is 0 Å². The topological polar surface area (TPSA) is 75.4 Å².